The molecule has 2 atom stereocenters. The van der Waals surface area contributed by atoms with Crippen molar-refractivity contribution in [3.63, 3.8) is 0 Å². The molecule has 0 aliphatic rings. The van der Waals surface area contributed by atoms with Gasteiger partial charge in [0.2, 0.25) is 0 Å². The Morgan fingerprint density at radius 3 is 2.49 bits per heavy atom. The van der Waals surface area contributed by atoms with Crippen LogP contribution in [0.3, 0.4) is 0 Å². The first-order valence-electron chi connectivity index (χ1n) is 12.3. The van der Waals surface area contributed by atoms with Crippen molar-refractivity contribution < 1.29 is 28.2 Å². The van der Waals surface area contributed by atoms with Crippen LogP contribution in [0.4, 0.5) is 13.2 Å². The van der Waals surface area contributed by atoms with Crippen LogP contribution in [0.15, 0.2) is 54.7 Å². The highest BCUT2D eigenvalue weighted by Crippen LogP contribution is 2.46. The Morgan fingerprint density at radius 2 is 1.86 bits per heavy atom. The Kier molecular flexibility index (Phi) is 9.68. The second-order valence-electron chi connectivity index (χ2n) is 9.22. The van der Waals surface area contributed by atoms with Gasteiger partial charge < -0.3 is 14.8 Å². The summed E-state index contributed by atoms with van der Waals surface area (Å²) in [6.45, 7) is 2.28. The maximum atomic E-state index is 14.4. The standard InChI is InChI=1S/C28H31F3N2O3S/c1-2-8-22(37-19-26(34)35)11-6-7-14-27(36,28(29,30)31)24-18-33(17-20-9-4-3-5-10-20)25-15-21(16-32)12-13-23(24)25/h3-5,9-10,12-13,15,18,22,36H,2,6-8,11,14,17,19H2,1H3,(H,34,35). The van der Waals surface area contributed by atoms with Crippen LogP contribution in [0, 0.1) is 11.3 Å². The predicted molar refractivity (Wildman–Crippen MR) is 139 cm³/mol. The lowest BCUT2D eigenvalue weighted by Gasteiger charge is -2.31. The van der Waals surface area contributed by atoms with Crippen LogP contribution in [-0.2, 0) is 16.9 Å². The number of unbranched alkanes of at least 4 members (excludes halogenated alkanes) is 1. The molecule has 3 rings (SSSR count). The minimum Gasteiger partial charge on any atom is -0.481 e. The number of aliphatic hydroxyl groups is 1. The lowest BCUT2D eigenvalue weighted by molar-refractivity contribution is -0.269. The zero-order valence-corrected chi connectivity index (χ0v) is 21.5. The van der Waals surface area contributed by atoms with E-state index in [0.29, 0.717) is 30.5 Å². The number of rotatable bonds is 13. The molecule has 9 heteroatoms. The molecule has 1 heterocycles. The van der Waals surface area contributed by atoms with Crippen molar-refractivity contribution in [3.8, 4) is 6.07 Å². The molecule has 2 N–H and O–H groups in total. The first kappa shape index (κ1) is 28.6. The summed E-state index contributed by atoms with van der Waals surface area (Å²) in [6.07, 6.45) is -1.26. The lowest BCUT2D eigenvalue weighted by Crippen LogP contribution is -2.42. The summed E-state index contributed by atoms with van der Waals surface area (Å²) >= 11 is 1.31. The number of benzene rings is 2. The van der Waals surface area contributed by atoms with Gasteiger partial charge in [-0.3, -0.25) is 4.79 Å². The van der Waals surface area contributed by atoms with E-state index in [1.165, 1.54) is 30.1 Å². The summed E-state index contributed by atoms with van der Waals surface area (Å²) in [7, 11) is 0. The van der Waals surface area contributed by atoms with E-state index in [1.54, 1.807) is 10.6 Å². The minimum absolute atomic E-state index is 0.0389. The number of hydrogen-bond acceptors (Lipinski definition) is 4. The van der Waals surface area contributed by atoms with E-state index in [4.69, 9.17) is 5.11 Å². The van der Waals surface area contributed by atoms with Gasteiger partial charge in [0, 0.05) is 28.9 Å². The molecule has 3 aromatic rings. The number of alkyl halides is 3. The van der Waals surface area contributed by atoms with Crippen molar-refractivity contribution in [1.82, 2.24) is 4.57 Å². The molecule has 5 nitrogen and oxygen atoms in total. The fourth-order valence-electron chi connectivity index (χ4n) is 4.61. The third-order valence-corrected chi connectivity index (χ3v) is 7.85. The third-order valence-electron chi connectivity index (χ3n) is 6.49. The monoisotopic (exact) mass is 532 g/mol. The second-order valence-corrected chi connectivity index (χ2v) is 10.5. The van der Waals surface area contributed by atoms with Gasteiger partial charge in [0.1, 0.15) is 0 Å². The number of nitriles is 1. The predicted octanol–water partition coefficient (Wildman–Crippen LogP) is 6.86. The van der Waals surface area contributed by atoms with Crippen molar-refractivity contribution in [2.75, 3.05) is 5.75 Å². The van der Waals surface area contributed by atoms with Crippen molar-refractivity contribution in [2.24, 2.45) is 0 Å². The van der Waals surface area contributed by atoms with Gasteiger partial charge in [-0.05, 0) is 43.4 Å². The average molecular weight is 533 g/mol. The number of aromatic nitrogens is 1. The molecule has 0 aliphatic carbocycles. The average Bonchev–Trinajstić information content (AvgIpc) is 3.22. The summed E-state index contributed by atoms with van der Waals surface area (Å²) in [6, 6.07) is 15.8. The van der Waals surface area contributed by atoms with Gasteiger partial charge in [-0.15, -0.1) is 11.8 Å². The molecule has 1 aromatic heterocycles. The van der Waals surface area contributed by atoms with E-state index in [2.05, 4.69) is 0 Å². The maximum Gasteiger partial charge on any atom is 0.421 e. The first-order valence-corrected chi connectivity index (χ1v) is 13.3. The first-order chi connectivity index (χ1) is 17.6. The van der Waals surface area contributed by atoms with Crippen molar-refractivity contribution in [3.05, 3.63) is 71.4 Å². The molecule has 198 valence electrons. The van der Waals surface area contributed by atoms with Crippen LogP contribution < -0.4 is 0 Å². The molecule has 0 spiro atoms. The van der Waals surface area contributed by atoms with Gasteiger partial charge in [-0.2, -0.15) is 18.4 Å². The van der Waals surface area contributed by atoms with Gasteiger partial charge in [-0.1, -0.05) is 56.2 Å². The molecule has 0 bridgehead atoms. The van der Waals surface area contributed by atoms with Gasteiger partial charge in [0.25, 0.3) is 0 Å². The van der Waals surface area contributed by atoms with E-state index < -0.39 is 24.2 Å². The molecule has 0 saturated heterocycles. The number of halogens is 3. The van der Waals surface area contributed by atoms with Gasteiger partial charge in [-0.25, -0.2) is 0 Å². The summed E-state index contributed by atoms with van der Waals surface area (Å²) in [4.78, 5) is 10.9. The van der Waals surface area contributed by atoms with Gasteiger partial charge in [0.05, 0.1) is 22.9 Å². The number of carbonyl (C=O) groups is 1. The minimum atomic E-state index is -4.91. The quantitative estimate of drug-likeness (QED) is 0.235. The Hall–Kier alpha value is -2.96. The van der Waals surface area contributed by atoms with Crippen LogP contribution >= 0.6 is 11.8 Å². The van der Waals surface area contributed by atoms with Crippen molar-refractivity contribution in [2.45, 2.75) is 69.0 Å². The molecular formula is C28H31F3N2O3S. The summed E-state index contributed by atoms with van der Waals surface area (Å²) in [5.74, 6) is -0.952. The van der Waals surface area contributed by atoms with E-state index in [9.17, 15) is 28.3 Å². The topological polar surface area (TPSA) is 86.3 Å². The highest BCUT2D eigenvalue weighted by atomic mass is 32.2. The van der Waals surface area contributed by atoms with Gasteiger partial charge in [0.15, 0.2) is 5.60 Å². The fourth-order valence-corrected chi connectivity index (χ4v) is 5.72. The molecule has 0 fully saturated rings. The van der Waals surface area contributed by atoms with E-state index in [1.807, 2.05) is 43.3 Å². The Balaban J connectivity index is 1.89. The number of carboxylic acids is 1. The van der Waals surface area contributed by atoms with Crippen LogP contribution in [0.5, 0.6) is 0 Å². The van der Waals surface area contributed by atoms with Crippen LogP contribution in [-0.4, -0.2) is 37.9 Å². The maximum absolute atomic E-state index is 14.4. The second kappa shape index (κ2) is 12.5. The fraction of sp³-hybridized carbons (Fsp3) is 0.429. The van der Waals surface area contributed by atoms with E-state index in [-0.39, 0.29) is 28.4 Å². The lowest BCUT2D eigenvalue weighted by atomic mass is 9.87. The number of aliphatic carboxylic acids is 1. The summed E-state index contributed by atoms with van der Waals surface area (Å²) in [5.41, 5.74) is -1.63. The number of fused-ring (bicyclic) bond motifs is 1. The van der Waals surface area contributed by atoms with Gasteiger partial charge >= 0.3 is 12.1 Å². The zero-order chi connectivity index (χ0) is 27.1. The number of carboxylic acid groups (broad SMARTS) is 1. The Morgan fingerprint density at radius 1 is 1.14 bits per heavy atom. The molecule has 0 amide bonds. The Bertz CT molecular complexity index is 1240. The number of thioether (sulfide) groups is 1. The molecule has 37 heavy (non-hydrogen) atoms. The molecule has 2 aromatic carbocycles. The van der Waals surface area contributed by atoms with E-state index in [0.717, 1.165) is 18.4 Å². The largest absolute Gasteiger partial charge is 0.481 e. The molecule has 2 unspecified atom stereocenters. The van der Waals surface area contributed by atoms with Crippen LogP contribution in [0.1, 0.15) is 62.1 Å². The molecule has 0 saturated carbocycles. The smallest absolute Gasteiger partial charge is 0.421 e. The van der Waals surface area contributed by atoms with Crippen LogP contribution in [0.25, 0.3) is 10.9 Å². The molecular weight excluding hydrogens is 501 g/mol. The highest BCUT2D eigenvalue weighted by molar-refractivity contribution is 8.00. The van der Waals surface area contributed by atoms with Crippen molar-refractivity contribution in [1.29, 1.82) is 5.26 Å². The van der Waals surface area contributed by atoms with E-state index >= 15 is 0 Å². The Labute approximate surface area is 218 Å². The normalized spacial score (nSPS) is 14.3. The zero-order valence-electron chi connectivity index (χ0n) is 20.7. The van der Waals surface area contributed by atoms with Crippen LogP contribution in [0.2, 0.25) is 0 Å². The summed E-state index contributed by atoms with van der Waals surface area (Å²) < 4.78 is 45.0. The third kappa shape index (κ3) is 7.08. The SMILES string of the molecule is CCCC(CCCCC(O)(c1cn(Cc2ccccc2)c2cc(C#N)ccc12)C(F)(F)F)SCC(=O)O. The summed E-state index contributed by atoms with van der Waals surface area (Å²) in [5, 5.41) is 29.8. The number of nitrogens with zero attached hydrogens (tertiary/aromatic N) is 2. The molecule has 0 radical (unpaired) electrons. The van der Waals surface area contributed by atoms with Crippen molar-refractivity contribution >= 4 is 28.6 Å². The number of hydrogen-bond donors (Lipinski definition) is 2. The molecule has 0 aliphatic heterocycles. The highest BCUT2D eigenvalue weighted by Gasteiger charge is 2.55.